The molecule has 1 fully saturated rings. The molecule has 1 aliphatic heterocycles. The van der Waals surface area contributed by atoms with Gasteiger partial charge in [0.05, 0.1) is 6.42 Å². The summed E-state index contributed by atoms with van der Waals surface area (Å²) in [7, 11) is 0. The van der Waals surface area contributed by atoms with Crippen molar-refractivity contribution in [2.45, 2.75) is 27.2 Å². The largest absolute Gasteiger partial charge is 0.368 e. The Kier molecular flexibility index (Phi) is 5.07. The quantitative estimate of drug-likeness (QED) is 0.852. The summed E-state index contributed by atoms with van der Waals surface area (Å²) in [5, 5.41) is 0. The fourth-order valence-electron chi connectivity index (χ4n) is 3.77. The smallest absolute Gasteiger partial charge is 0.227 e. The van der Waals surface area contributed by atoms with Crippen molar-refractivity contribution in [2.75, 3.05) is 31.1 Å². The van der Waals surface area contributed by atoms with Gasteiger partial charge in [-0.3, -0.25) is 4.79 Å². The number of carbonyl (C=O) groups excluding carboxylic acids is 1. The molecule has 4 heteroatoms. The van der Waals surface area contributed by atoms with Crippen molar-refractivity contribution in [2.24, 2.45) is 0 Å². The first-order valence-corrected chi connectivity index (χ1v) is 8.79. The number of aryl methyl sites for hydroxylation is 3. The summed E-state index contributed by atoms with van der Waals surface area (Å²) in [4.78, 5) is 16.7. The zero-order valence-corrected chi connectivity index (χ0v) is 15.2. The number of benzene rings is 2. The molecular weight excluding hydrogens is 315 g/mol. The van der Waals surface area contributed by atoms with E-state index in [0.717, 1.165) is 13.1 Å². The van der Waals surface area contributed by atoms with Crippen LogP contribution in [-0.4, -0.2) is 37.0 Å². The summed E-state index contributed by atoms with van der Waals surface area (Å²) in [5.74, 6) is -0.303. The molecule has 1 amide bonds. The van der Waals surface area contributed by atoms with Crippen LogP contribution < -0.4 is 4.90 Å². The van der Waals surface area contributed by atoms with Gasteiger partial charge in [-0.15, -0.1) is 0 Å². The molecule has 0 N–H and O–H groups in total. The van der Waals surface area contributed by atoms with E-state index >= 15 is 0 Å². The van der Waals surface area contributed by atoms with Crippen LogP contribution in [0.15, 0.2) is 36.4 Å². The second-order valence-corrected chi connectivity index (χ2v) is 6.88. The Labute approximate surface area is 149 Å². The predicted octanol–water partition coefficient (Wildman–Crippen LogP) is 3.64. The maximum atomic E-state index is 13.7. The average molecular weight is 340 g/mol. The fraction of sp³-hybridized carbons (Fsp3) is 0.381. The molecule has 0 aliphatic carbocycles. The van der Waals surface area contributed by atoms with Crippen molar-refractivity contribution >= 4 is 11.6 Å². The third-order valence-electron chi connectivity index (χ3n) is 4.88. The molecule has 2 aromatic carbocycles. The fourth-order valence-corrected chi connectivity index (χ4v) is 3.77. The molecule has 25 heavy (non-hydrogen) atoms. The van der Waals surface area contributed by atoms with E-state index in [1.54, 1.807) is 18.2 Å². The van der Waals surface area contributed by atoms with E-state index in [9.17, 15) is 9.18 Å². The Hall–Kier alpha value is -2.36. The number of hydrogen-bond acceptors (Lipinski definition) is 2. The molecule has 1 aliphatic rings. The minimum atomic E-state index is -0.305. The molecule has 1 heterocycles. The van der Waals surface area contributed by atoms with Crippen molar-refractivity contribution in [3.8, 4) is 0 Å². The number of anilines is 1. The summed E-state index contributed by atoms with van der Waals surface area (Å²) >= 11 is 0. The van der Waals surface area contributed by atoms with Gasteiger partial charge in [0.2, 0.25) is 5.91 Å². The van der Waals surface area contributed by atoms with Crippen LogP contribution in [0, 0.1) is 26.6 Å². The Balaban J connectivity index is 1.64. The highest BCUT2D eigenvalue weighted by Crippen LogP contribution is 2.27. The number of hydrogen-bond donors (Lipinski definition) is 0. The third-order valence-corrected chi connectivity index (χ3v) is 4.88. The van der Waals surface area contributed by atoms with Crippen LogP contribution in [0.25, 0.3) is 0 Å². The number of halogens is 1. The molecule has 2 aromatic rings. The number of carbonyl (C=O) groups is 1. The van der Waals surface area contributed by atoms with Crippen LogP contribution in [0.1, 0.15) is 22.3 Å². The predicted molar refractivity (Wildman–Crippen MR) is 99.6 cm³/mol. The van der Waals surface area contributed by atoms with Crippen molar-refractivity contribution in [3.05, 3.63) is 64.5 Å². The van der Waals surface area contributed by atoms with E-state index in [1.807, 2.05) is 4.90 Å². The van der Waals surface area contributed by atoms with E-state index in [-0.39, 0.29) is 18.1 Å². The normalized spacial score (nSPS) is 14.7. The molecular formula is C21H25FN2O. The van der Waals surface area contributed by atoms with Crippen LogP contribution in [-0.2, 0) is 11.2 Å². The molecule has 1 saturated heterocycles. The molecule has 132 valence electrons. The lowest BCUT2D eigenvalue weighted by Gasteiger charge is -2.37. The van der Waals surface area contributed by atoms with Gasteiger partial charge in [-0.05, 0) is 43.5 Å². The number of nitrogens with zero attached hydrogens (tertiary/aromatic N) is 2. The van der Waals surface area contributed by atoms with Gasteiger partial charge in [-0.25, -0.2) is 4.39 Å². The van der Waals surface area contributed by atoms with E-state index in [4.69, 9.17) is 0 Å². The standard InChI is InChI=1S/C21H25FN2O/c1-15-12-16(2)21(17(3)13-15)24-10-8-23(9-11-24)20(25)14-18-6-4-5-7-19(18)22/h4-7,12-13H,8-11,14H2,1-3H3. The molecule has 0 saturated carbocycles. The molecule has 3 rings (SSSR count). The van der Waals surface area contributed by atoms with E-state index in [2.05, 4.69) is 37.8 Å². The van der Waals surface area contributed by atoms with Crippen LogP contribution >= 0.6 is 0 Å². The summed E-state index contributed by atoms with van der Waals surface area (Å²) in [6, 6.07) is 10.9. The Bertz CT molecular complexity index is 756. The summed E-state index contributed by atoms with van der Waals surface area (Å²) in [6.45, 7) is 9.39. The van der Waals surface area contributed by atoms with Crippen LogP contribution in [0.5, 0.6) is 0 Å². The van der Waals surface area contributed by atoms with Gasteiger partial charge in [0, 0.05) is 31.9 Å². The van der Waals surface area contributed by atoms with Gasteiger partial charge in [-0.2, -0.15) is 0 Å². The van der Waals surface area contributed by atoms with E-state index in [1.165, 1.54) is 28.4 Å². The lowest BCUT2D eigenvalue weighted by molar-refractivity contribution is -0.130. The summed E-state index contributed by atoms with van der Waals surface area (Å²) in [5.41, 5.74) is 5.59. The first kappa shape index (κ1) is 17.5. The highest BCUT2D eigenvalue weighted by Gasteiger charge is 2.23. The molecule has 0 spiro atoms. The molecule has 3 nitrogen and oxygen atoms in total. The maximum Gasteiger partial charge on any atom is 0.227 e. The van der Waals surface area contributed by atoms with Crippen LogP contribution in [0.3, 0.4) is 0 Å². The van der Waals surface area contributed by atoms with Crippen molar-refractivity contribution in [1.29, 1.82) is 0 Å². The Morgan fingerprint density at radius 2 is 1.60 bits per heavy atom. The van der Waals surface area contributed by atoms with Crippen LogP contribution in [0.4, 0.5) is 10.1 Å². The zero-order chi connectivity index (χ0) is 18.0. The average Bonchev–Trinajstić information content (AvgIpc) is 2.56. The van der Waals surface area contributed by atoms with Gasteiger partial charge < -0.3 is 9.80 Å². The SMILES string of the molecule is Cc1cc(C)c(N2CCN(C(=O)Cc3ccccc3F)CC2)c(C)c1. The summed E-state index contributed by atoms with van der Waals surface area (Å²) in [6.07, 6.45) is 0.134. The van der Waals surface area contributed by atoms with Gasteiger partial charge in [0.1, 0.15) is 5.82 Å². The number of piperazine rings is 1. The minimum Gasteiger partial charge on any atom is -0.368 e. The first-order valence-electron chi connectivity index (χ1n) is 8.79. The maximum absolute atomic E-state index is 13.7. The molecule has 0 atom stereocenters. The van der Waals surface area contributed by atoms with Gasteiger partial charge in [0.15, 0.2) is 0 Å². The van der Waals surface area contributed by atoms with Crippen molar-refractivity contribution in [1.82, 2.24) is 4.90 Å². The second kappa shape index (κ2) is 7.26. The number of amides is 1. The molecule has 0 bridgehead atoms. The second-order valence-electron chi connectivity index (χ2n) is 6.88. The van der Waals surface area contributed by atoms with E-state index < -0.39 is 0 Å². The molecule has 0 unspecified atom stereocenters. The summed E-state index contributed by atoms with van der Waals surface area (Å²) < 4.78 is 13.7. The van der Waals surface area contributed by atoms with Crippen molar-refractivity contribution < 1.29 is 9.18 Å². The highest BCUT2D eigenvalue weighted by atomic mass is 19.1. The minimum absolute atomic E-state index is 0.00194. The third kappa shape index (κ3) is 3.84. The molecule has 0 aromatic heterocycles. The number of rotatable bonds is 3. The highest BCUT2D eigenvalue weighted by molar-refractivity contribution is 5.79. The Morgan fingerprint density at radius 1 is 1.00 bits per heavy atom. The van der Waals surface area contributed by atoms with Gasteiger partial charge in [-0.1, -0.05) is 35.9 Å². The lowest BCUT2D eigenvalue weighted by atomic mass is 10.0. The lowest BCUT2D eigenvalue weighted by Crippen LogP contribution is -2.49. The van der Waals surface area contributed by atoms with Gasteiger partial charge in [0.25, 0.3) is 0 Å². The van der Waals surface area contributed by atoms with Crippen molar-refractivity contribution in [3.63, 3.8) is 0 Å². The zero-order valence-electron chi connectivity index (χ0n) is 15.2. The molecule has 0 radical (unpaired) electrons. The Morgan fingerprint density at radius 3 is 2.20 bits per heavy atom. The first-order chi connectivity index (χ1) is 12.0. The topological polar surface area (TPSA) is 23.6 Å². The van der Waals surface area contributed by atoms with Gasteiger partial charge >= 0.3 is 0 Å². The van der Waals surface area contributed by atoms with E-state index in [0.29, 0.717) is 18.7 Å². The van der Waals surface area contributed by atoms with Crippen LogP contribution in [0.2, 0.25) is 0 Å². The monoisotopic (exact) mass is 340 g/mol.